The van der Waals surface area contributed by atoms with Gasteiger partial charge in [0.15, 0.2) is 0 Å². The first-order valence-electron chi connectivity index (χ1n) is 13.4. The molecule has 43 heavy (non-hydrogen) atoms. The van der Waals surface area contributed by atoms with Crippen LogP contribution in [0.25, 0.3) is 0 Å². The van der Waals surface area contributed by atoms with Gasteiger partial charge in [-0.3, -0.25) is 13.9 Å². The molecule has 0 aromatic heterocycles. The first-order valence-corrected chi connectivity index (χ1v) is 16.9. The monoisotopic (exact) mass is 684 g/mol. The predicted molar refractivity (Wildman–Crippen MR) is 150 cm³/mol. The number of carbonyl (C=O) groups excluding carboxylic acids is 2. The number of halogens is 6. The second kappa shape index (κ2) is 12.3. The zero-order valence-electron chi connectivity index (χ0n) is 22.4. The van der Waals surface area contributed by atoms with Crippen LogP contribution in [-0.2, 0) is 37.0 Å². The highest BCUT2D eigenvalue weighted by molar-refractivity contribution is 7.90. The van der Waals surface area contributed by atoms with E-state index in [0.717, 1.165) is 25.0 Å². The summed E-state index contributed by atoms with van der Waals surface area (Å²) in [6.07, 6.45) is -2.87. The lowest BCUT2D eigenvalue weighted by Crippen LogP contribution is -2.44. The molecule has 1 heterocycles. The third kappa shape index (κ3) is 7.35. The Kier molecular flexibility index (Phi) is 9.17. The van der Waals surface area contributed by atoms with Crippen LogP contribution >= 0.6 is 23.2 Å². The van der Waals surface area contributed by atoms with Crippen molar-refractivity contribution in [1.29, 1.82) is 0 Å². The van der Waals surface area contributed by atoms with Gasteiger partial charge in [0.1, 0.15) is 5.82 Å². The van der Waals surface area contributed by atoms with Crippen molar-refractivity contribution in [3.63, 3.8) is 0 Å². The van der Waals surface area contributed by atoms with Crippen LogP contribution in [0.4, 0.5) is 17.6 Å². The standard InChI is InChI=1S/C27H26Cl2F4N2O6S2/c28-17-10-18(29)12-20(11-17)42(38)19-5-7-34(8-6-19)14-16-9-24(30)23(13-22(16)15-1-2-15)25(36)35(41-26(37)27(31,32)33)43(39,40)21-3-4-21/h9-13,15,19,21H,1-8,14H2. The van der Waals surface area contributed by atoms with Crippen molar-refractivity contribution in [2.45, 2.75) is 72.6 Å². The number of piperidine rings is 1. The summed E-state index contributed by atoms with van der Waals surface area (Å²) in [5, 5.41) is -0.590. The first-order chi connectivity index (χ1) is 20.1. The molecule has 3 aliphatic rings. The Labute approximate surface area is 257 Å². The van der Waals surface area contributed by atoms with Crippen LogP contribution in [0.3, 0.4) is 0 Å². The summed E-state index contributed by atoms with van der Waals surface area (Å²) >= 11 is 12.1. The smallest absolute Gasteiger partial charge is 0.314 e. The van der Waals surface area contributed by atoms with Gasteiger partial charge in [-0.1, -0.05) is 27.7 Å². The topological polar surface area (TPSA) is 101 Å². The lowest BCUT2D eigenvalue weighted by atomic mass is 9.98. The summed E-state index contributed by atoms with van der Waals surface area (Å²) in [5.74, 6) is -5.82. The average Bonchev–Trinajstić information content (AvgIpc) is 3.83. The van der Waals surface area contributed by atoms with Crippen LogP contribution in [0.1, 0.15) is 65.9 Å². The van der Waals surface area contributed by atoms with Crippen molar-refractivity contribution in [1.82, 2.24) is 9.37 Å². The van der Waals surface area contributed by atoms with Crippen LogP contribution in [0.2, 0.25) is 10.0 Å². The largest absolute Gasteiger partial charge is 0.493 e. The molecule has 2 aliphatic carbocycles. The first kappa shape index (κ1) is 32.1. The molecule has 2 saturated carbocycles. The zero-order valence-corrected chi connectivity index (χ0v) is 25.6. The van der Waals surface area contributed by atoms with Crippen molar-refractivity contribution in [3.05, 3.63) is 62.9 Å². The summed E-state index contributed by atoms with van der Waals surface area (Å²) in [6.45, 7) is 1.36. The lowest BCUT2D eigenvalue weighted by molar-refractivity contribution is -0.217. The van der Waals surface area contributed by atoms with Crippen molar-refractivity contribution in [2.75, 3.05) is 13.1 Å². The number of amides is 1. The van der Waals surface area contributed by atoms with E-state index in [1.54, 1.807) is 18.2 Å². The van der Waals surface area contributed by atoms with Crippen LogP contribution in [0.15, 0.2) is 35.2 Å². The van der Waals surface area contributed by atoms with Crippen LogP contribution in [0.5, 0.6) is 0 Å². The Hall–Kier alpha value is -2.26. The number of rotatable bonds is 8. The molecule has 1 atom stereocenters. The lowest BCUT2D eigenvalue weighted by Gasteiger charge is -2.32. The second-order valence-corrected chi connectivity index (χ2v) is 15.5. The van der Waals surface area contributed by atoms with Gasteiger partial charge in [0.25, 0.3) is 10.0 Å². The van der Waals surface area contributed by atoms with Gasteiger partial charge in [-0.25, -0.2) is 17.6 Å². The maximum atomic E-state index is 15.4. The van der Waals surface area contributed by atoms with E-state index in [1.807, 2.05) is 4.90 Å². The summed E-state index contributed by atoms with van der Waals surface area (Å²) in [4.78, 5) is 31.2. The zero-order chi connectivity index (χ0) is 31.3. The van der Waals surface area contributed by atoms with E-state index in [4.69, 9.17) is 23.2 Å². The summed E-state index contributed by atoms with van der Waals surface area (Å²) in [6, 6.07) is 7.01. The molecule has 1 amide bonds. The highest BCUT2D eigenvalue weighted by atomic mass is 35.5. The number of sulfonamides is 1. The Balaban J connectivity index is 1.33. The SMILES string of the molecule is O=C(c1cc(C2CC2)c(CN2CCC(S(=O)c3cc(Cl)cc(Cl)c3)CC2)cc1F)N(OC(=O)C(F)(F)F)S(=O)(=O)C1CC1. The number of alkyl halides is 3. The molecule has 2 aromatic rings. The van der Waals surface area contributed by atoms with E-state index in [-0.39, 0.29) is 30.6 Å². The fourth-order valence-corrected chi connectivity index (χ4v) is 8.67. The minimum absolute atomic E-state index is 0.0500. The van der Waals surface area contributed by atoms with Gasteiger partial charge >= 0.3 is 18.1 Å². The van der Waals surface area contributed by atoms with E-state index in [0.29, 0.717) is 52.0 Å². The van der Waals surface area contributed by atoms with Crippen molar-refractivity contribution >= 4 is 55.9 Å². The number of nitrogens with zero attached hydrogens (tertiary/aromatic N) is 2. The predicted octanol–water partition coefficient (Wildman–Crippen LogP) is 5.74. The minimum atomic E-state index is -5.58. The molecular formula is C27H26Cl2F4N2O6S2. The Morgan fingerprint density at radius 1 is 0.977 bits per heavy atom. The quantitative estimate of drug-likeness (QED) is 0.258. The molecule has 1 aliphatic heterocycles. The van der Waals surface area contributed by atoms with Crippen molar-refractivity contribution in [3.8, 4) is 0 Å². The Morgan fingerprint density at radius 2 is 1.58 bits per heavy atom. The number of hydrogen-bond donors (Lipinski definition) is 0. The van der Waals surface area contributed by atoms with Crippen LogP contribution in [0, 0.1) is 5.82 Å². The maximum Gasteiger partial charge on any atom is 0.493 e. The van der Waals surface area contributed by atoms with Gasteiger partial charge in [0, 0.05) is 26.7 Å². The summed E-state index contributed by atoms with van der Waals surface area (Å²) < 4.78 is 92.0. The average molecular weight is 686 g/mol. The summed E-state index contributed by atoms with van der Waals surface area (Å²) in [5.41, 5.74) is 0.302. The number of benzene rings is 2. The highest BCUT2D eigenvalue weighted by Crippen LogP contribution is 2.43. The third-order valence-corrected chi connectivity index (χ3v) is 11.7. The van der Waals surface area contributed by atoms with Crippen LogP contribution in [-0.4, -0.2) is 63.6 Å². The van der Waals surface area contributed by atoms with Crippen molar-refractivity contribution in [2.24, 2.45) is 0 Å². The molecule has 0 spiro atoms. The number of likely N-dealkylation sites (tertiary alicyclic amines) is 1. The molecule has 0 N–H and O–H groups in total. The molecule has 1 unspecified atom stereocenters. The van der Waals surface area contributed by atoms with E-state index in [1.165, 1.54) is 0 Å². The van der Waals surface area contributed by atoms with Gasteiger partial charge in [0.2, 0.25) is 0 Å². The normalized spacial score (nSPS) is 19.2. The van der Waals surface area contributed by atoms with E-state index >= 15 is 4.39 Å². The van der Waals surface area contributed by atoms with Gasteiger partial charge in [-0.05, 0) is 99.0 Å². The molecule has 3 fully saturated rings. The Morgan fingerprint density at radius 3 is 2.12 bits per heavy atom. The van der Waals surface area contributed by atoms with Gasteiger partial charge in [-0.2, -0.15) is 13.2 Å². The fourth-order valence-electron chi connectivity index (χ4n) is 5.00. The summed E-state index contributed by atoms with van der Waals surface area (Å²) in [7, 11) is -6.15. The number of carbonyl (C=O) groups is 2. The molecule has 1 saturated heterocycles. The maximum absolute atomic E-state index is 15.4. The van der Waals surface area contributed by atoms with Gasteiger partial charge in [0.05, 0.1) is 21.6 Å². The minimum Gasteiger partial charge on any atom is -0.314 e. The molecule has 234 valence electrons. The molecule has 16 heteroatoms. The van der Waals surface area contributed by atoms with Gasteiger partial charge in [-0.15, -0.1) is 0 Å². The Bertz CT molecular complexity index is 1550. The molecule has 8 nitrogen and oxygen atoms in total. The van der Waals surface area contributed by atoms with Gasteiger partial charge < -0.3 is 4.84 Å². The second-order valence-electron chi connectivity index (χ2n) is 10.8. The third-order valence-electron chi connectivity index (χ3n) is 7.52. The number of hydrogen-bond acceptors (Lipinski definition) is 7. The van der Waals surface area contributed by atoms with E-state index < -0.39 is 60.0 Å². The van der Waals surface area contributed by atoms with Crippen LogP contribution < -0.4 is 0 Å². The highest BCUT2D eigenvalue weighted by Gasteiger charge is 2.50. The van der Waals surface area contributed by atoms with E-state index in [9.17, 15) is 35.4 Å². The number of hydroxylamine groups is 1. The molecular weight excluding hydrogens is 659 g/mol. The molecule has 2 aromatic carbocycles. The molecule has 0 bridgehead atoms. The fraction of sp³-hybridized carbons (Fsp3) is 0.481. The van der Waals surface area contributed by atoms with E-state index in [2.05, 4.69) is 4.84 Å². The molecule has 0 radical (unpaired) electrons. The van der Waals surface area contributed by atoms with Crippen molar-refractivity contribution < 1.29 is 44.6 Å². The molecule has 5 rings (SSSR count).